The molecule has 0 aliphatic heterocycles. The Labute approximate surface area is 135 Å². The Kier molecular flexibility index (Phi) is 3.32. The van der Waals surface area contributed by atoms with Gasteiger partial charge in [-0.15, -0.1) is 0 Å². The number of fused-ring (bicyclic) bond motifs is 5. The third-order valence-corrected chi connectivity index (χ3v) is 8.99. The molecule has 0 spiro atoms. The second-order valence-electron chi connectivity index (χ2n) is 9.44. The van der Waals surface area contributed by atoms with Crippen molar-refractivity contribution in [2.45, 2.75) is 83.7 Å². The van der Waals surface area contributed by atoms with E-state index in [2.05, 4.69) is 13.8 Å². The molecule has 124 valence electrons. The Hall–Kier alpha value is -0.370. The molecule has 7 atom stereocenters. The van der Waals surface area contributed by atoms with E-state index in [4.69, 9.17) is 0 Å². The van der Waals surface area contributed by atoms with E-state index in [-0.39, 0.29) is 5.41 Å². The highest BCUT2D eigenvalue weighted by molar-refractivity contribution is 5.65. The number of hydrogen-bond donors (Lipinski definition) is 1. The van der Waals surface area contributed by atoms with Crippen molar-refractivity contribution in [1.29, 1.82) is 0 Å². The van der Waals surface area contributed by atoms with Crippen molar-refractivity contribution in [1.82, 2.24) is 0 Å². The first-order chi connectivity index (χ1) is 10.4. The van der Waals surface area contributed by atoms with Crippen LogP contribution in [0.3, 0.4) is 0 Å². The highest BCUT2D eigenvalue weighted by Crippen LogP contribution is 2.67. The molecule has 2 nitrogen and oxygen atoms in total. The third kappa shape index (κ3) is 1.74. The van der Waals surface area contributed by atoms with E-state index < -0.39 is 5.60 Å². The molecule has 0 aromatic rings. The zero-order valence-electron chi connectivity index (χ0n) is 14.3. The van der Waals surface area contributed by atoms with Crippen molar-refractivity contribution < 1.29 is 9.90 Å². The van der Waals surface area contributed by atoms with Gasteiger partial charge in [0.05, 0.1) is 0 Å². The van der Waals surface area contributed by atoms with Crippen molar-refractivity contribution >= 4 is 6.29 Å². The number of aliphatic hydroxyl groups is 1. The molecule has 4 aliphatic carbocycles. The minimum absolute atomic E-state index is 0.159. The van der Waals surface area contributed by atoms with Crippen LogP contribution in [-0.2, 0) is 4.79 Å². The van der Waals surface area contributed by atoms with Crippen LogP contribution in [0.2, 0.25) is 0 Å². The number of rotatable bonds is 1. The first-order valence-corrected chi connectivity index (χ1v) is 9.63. The fourth-order valence-corrected chi connectivity index (χ4v) is 7.54. The van der Waals surface area contributed by atoms with Crippen LogP contribution in [0.15, 0.2) is 0 Å². The lowest BCUT2D eigenvalue weighted by atomic mass is 9.44. The molecule has 4 rings (SSSR count). The van der Waals surface area contributed by atoms with Crippen molar-refractivity contribution in [2.24, 2.45) is 34.5 Å². The fourth-order valence-electron chi connectivity index (χ4n) is 7.54. The Morgan fingerprint density at radius 3 is 2.45 bits per heavy atom. The van der Waals surface area contributed by atoms with Crippen LogP contribution < -0.4 is 0 Å². The molecule has 4 saturated carbocycles. The number of carbonyl (C=O) groups is 1. The summed E-state index contributed by atoms with van der Waals surface area (Å²) in [4.78, 5) is 11.6. The summed E-state index contributed by atoms with van der Waals surface area (Å²) in [7, 11) is 0. The largest absolute Gasteiger partial charge is 0.382 e. The molecule has 0 amide bonds. The monoisotopic (exact) mass is 304 g/mol. The molecule has 0 heterocycles. The molecule has 0 saturated heterocycles. The van der Waals surface area contributed by atoms with Crippen molar-refractivity contribution in [2.75, 3.05) is 0 Å². The highest BCUT2D eigenvalue weighted by Gasteiger charge is 2.64. The van der Waals surface area contributed by atoms with E-state index in [0.29, 0.717) is 17.8 Å². The first-order valence-electron chi connectivity index (χ1n) is 9.63. The Morgan fingerprint density at radius 1 is 0.909 bits per heavy atom. The fraction of sp³-hybridized carbons (Fsp3) is 0.950. The molecule has 0 bridgehead atoms. The van der Waals surface area contributed by atoms with Gasteiger partial charge in [-0.1, -0.05) is 26.7 Å². The Bertz CT molecular complexity index is 474. The summed E-state index contributed by atoms with van der Waals surface area (Å²) in [6.07, 6.45) is 13.4. The second-order valence-corrected chi connectivity index (χ2v) is 9.44. The molecule has 4 fully saturated rings. The lowest BCUT2D eigenvalue weighted by Crippen LogP contribution is -2.56. The van der Waals surface area contributed by atoms with E-state index >= 15 is 0 Å². The topological polar surface area (TPSA) is 37.3 Å². The molecule has 0 aromatic carbocycles. The molecule has 1 N–H and O–H groups in total. The Morgan fingerprint density at radius 2 is 1.68 bits per heavy atom. The van der Waals surface area contributed by atoms with Crippen LogP contribution in [0.1, 0.15) is 78.1 Å². The van der Waals surface area contributed by atoms with Gasteiger partial charge in [0, 0.05) is 5.41 Å². The van der Waals surface area contributed by atoms with Crippen LogP contribution >= 0.6 is 0 Å². The maximum absolute atomic E-state index is 11.6. The van der Waals surface area contributed by atoms with Crippen molar-refractivity contribution in [3.8, 4) is 0 Å². The highest BCUT2D eigenvalue weighted by atomic mass is 16.3. The molecule has 0 aromatic heterocycles. The third-order valence-electron chi connectivity index (χ3n) is 8.99. The average Bonchev–Trinajstić information content (AvgIpc) is 2.79. The van der Waals surface area contributed by atoms with Crippen molar-refractivity contribution in [3.05, 3.63) is 0 Å². The number of aldehydes is 1. The van der Waals surface area contributed by atoms with Gasteiger partial charge >= 0.3 is 0 Å². The van der Waals surface area contributed by atoms with E-state index in [9.17, 15) is 9.90 Å². The summed E-state index contributed by atoms with van der Waals surface area (Å²) in [5.74, 6) is 3.12. The van der Waals surface area contributed by atoms with E-state index in [1.54, 1.807) is 0 Å². The predicted molar refractivity (Wildman–Crippen MR) is 87.4 cm³/mol. The lowest BCUT2D eigenvalue weighted by molar-refractivity contribution is -0.159. The van der Waals surface area contributed by atoms with E-state index in [1.807, 2.05) is 0 Å². The van der Waals surface area contributed by atoms with Gasteiger partial charge in [-0.05, 0) is 80.5 Å². The van der Waals surface area contributed by atoms with E-state index in [1.165, 1.54) is 44.9 Å². The van der Waals surface area contributed by atoms with Gasteiger partial charge in [0.2, 0.25) is 0 Å². The molecule has 4 aliphatic rings. The van der Waals surface area contributed by atoms with Crippen molar-refractivity contribution in [3.63, 3.8) is 0 Å². The summed E-state index contributed by atoms with van der Waals surface area (Å²) in [5.41, 5.74) is -0.662. The van der Waals surface area contributed by atoms with Gasteiger partial charge in [0.1, 0.15) is 5.60 Å². The van der Waals surface area contributed by atoms with Crippen LogP contribution in [-0.4, -0.2) is 17.0 Å². The average molecular weight is 304 g/mol. The summed E-state index contributed by atoms with van der Waals surface area (Å²) in [6, 6.07) is 0. The summed E-state index contributed by atoms with van der Waals surface area (Å²) in [6.45, 7) is 4.79. The minimum Gasteiger partial charge on any atom is -0.382 e. The predicted octanol–water partition coefficient (Wildman–Crippen LogP) is 4.35. The lowest BCUT2D eigenvalue weighted by Gasteiger charge is -2.60. The van der Waals surface area contributed by atoms with Gasteiger partial charge < -0.3 is 9.90 Å². The summed E-state index contributed by atoms with van der Waals surface area (Å²) in [5, 5.41) is 10.9. The van der Waals surface area contributed by atoms with Gasteiger partial charge in [-0.25, -0.2) is 0 Å². The zero-order valence-corrected chi connectivity index (χ0v) is 14.3. The standard InChI is InChI=1S/C20H32O2/c1-18-10-4-3-5-14(18)6-7-15-16(18)8-11-19(2)17(15)9-12-20(19,22)13-21/h13-17,22H,3-12H2,1-2H3/t14-,15-,16+,17+,18+,19+,20-/m1/s1. The molecule has 2 heteroatoms. The van der Waals surface area contributed by atoms with Crippen LogP contribution in [0.25, 0.3) is 0 Å². The maximum atomic E-state index is 11.6. The van der Waals surface area contributed by atoms with Gasteiger partial charge in [0.15, 0.2) is 6.29 Å². The minimum atomic E-state index is -1.05. The first kappa shape index (κ1) is 15.2. The molecule has 22 heavy (non-hydrogen) atoms. The quantitative estimate of drug-likeness (QED) is 0.731. The SMILES string of the molecule is C[C@]12CCCC[C@@H]1CC[C@@H]1[C@@H]2CC[C@@]2(C)[C@H]1CC[C@@]2(O)C=O. The van der Waals surface area contributed by atoms with Gasteiger partial charge in [-0.2, -0.15) is 0 Å². The smallest absolute Gasteiger partial charge is 0.152 e. The molecular formula is C20H32O2. The Balaban J connectivity index is 1.66. The summed E-state index contributed by atoms with van der Waals surface area (Å²) >= 11 is 0. The molecule has 0 unspecified atom stereocenters. The van der Waals surface area contributed by atoms with Crippen LogP contribution in [0.4, 0.5) is 0 Å². The van der Waals surface area contributed by atoms with Crippen LogP contribution in [0.5, 0.6) is 0 Å². The maximum Gasteiger partial charge on any atom is 0.152 e. The van der Waals surface area contributed by atoms with Crippen LogP contribution in [0, 0.1) is 34.5 Å². The molecule has 0 radical (unpaired) electrons. The number of carbonyl (C=O) groups excluding carboxylic acids is 1. The zero-order chi connectivity index (χ0) is 15.6. The second kappa shape index (κ2) is 4.82. The number of hydrogen-bond acceptors (Lipinski definition) is 2. The van der Waals surface area contributed by atoms with Gasteiger partial charge in [0.25, 0.3) is 0 Å². The molecular weight excluding hydrogens is 272 g/mol. The normalized spacial score (nSPS) is 57.6. The summed E-state index contributed by atoms with van der Waals surface area (Å²) < 4.78 is 0. The van der Waals surface area contributed by atoms with E-state index in [0.717, 1.165) is 36.9 Å². The van der Waals surface area contributed by atoms with Gasteiger partial charge in [-0.3, -0.25) is 0 Å².